The molecule has 0 aliphatic carbocycles. The van der Waals surface area contributed by atoms with Gasteiger partial charge < -0.3 is 30.2 Å². The van der Waals surface area contributed by atoms with Gasteiger partial charge in [-0.1, -0.05) is 29.8 Å². The lowest BCUT2D eigenvalue weighted by molar-refractivity contribution is 0.200. The highest BCUT2D eigenvalue weighted by Gasteiger charge is 2.25. The Hall–Kier alpha value is -4.38. The Balaban J connectivity index is 1.06. The predicted octanol–water partition coefficient (Wildman–Crippen LogP) is 6.29. The van der Waals surface area contributed by atoms with Crippen molar-refractivity contribution in [3.63, 3.8) is 0 Å². The van der Waals surface area contributed by atoms with Gasteiger partial charge in [0.25, 0.3) is 0 Å². The van der Waals surface area contributed by atoms with E-state index in [9.17, 15) is 9.36 Å². The van der Waals surface area contributed by atoms with Crippen LogP contribution in [0.25, 0.3) is 0 Å². The number of piperidine rings is 1. The van der Waals surface area contributed by atoms with E-state index < -0.39 is 7.14 Å². The molecule has 2 aromatic heterocycles. The molecule has 0 spiro atoms. The molecule has 0 bridgehead atoms. The quantitative estimate of drug-likeness (QED) is 0.153. The second-order valence-corrected chi connectivity index (χ2v) is 16.4. The molecule has 2 saturated heterocycles. The average Bonchev–Trinajstić information content (AvgIpc) is 3.10. The van der Waals surface area contributed by atoms with Gasteiger partial charge in [-0.3, -0.25) is 9.80 Å². The number of hydrogen-bond donors (Lipinski definition) is 3. The van der Waals surface area contributed by atoms with Crippen molar-refractivity contribution in [3.05, 3.63) is 77.6 Å². The fraction of sp³-hybridized carbons (Fsp3) is 0.371. The summed E-state index contributed by atoms with van der Waals surface area (Å²) >= 11 is 6.45. The van der Waals surface area contributed by atoms with Crippen molar-refractivity contribution in [2.24, 2.45) is 0 Å². The van der Waals surface area contributed by atoms with Gasteiger partial charge in [-0.2, -0.15) is 4.98 Å². The molecule has 4 aromatic rings. The summed E-state index contributed by atoms with van der Waals surface area (Å²) in [5.74, 6) is 2.12. The van der Waals surface area contributed by atoms with E-state index in [4.69, 9.17) is 16.3 Å². The van der Waals surface area contributed by atoms with Crippen molar-refractivity contribution < 1.29 is 14.1 Å². The first-order valence-electron chi connectivity index (χ1n) is 16.4. The molecule has 0 radical (unpaired) electrons. The van der Waals surface area contributed by atoms with E-state index in [1.165, 1.54) is 6.20 Å². The number of urea groups is 1. The SMILES string of the molecule is COc1cc(N2CCC(N(C)Cc3ccc(N4CCCNC4=O)nc3)CC2)ccc1Nc1ncc(Cl)c(Nc2ccccc2P(C)(C)=O)n1. The highest BCUT2D eigenvalue weighted by atomic mass is 35.5. The molecular weight excluding hydrogens is 661 g/mol. The number of para-hydroxylation sites is 1. The molecule has 3 N–H and O–H groups in total. The first-order valence-corrected chi connectivity index (χ1v) is 19.4. The molecule has 2 aliphatic rings. The van der Waals surface area contributed by atoms with Crippen LogP contribution in [0.5, 0.6) is 5.75 Å². The number of benzene rings is 2. The first kappa shape index (κ1) is 34.5. The van der Waals surface area contributed by atoms with E-state index in [0.717, 1.165) is 61.1 Å². The van der Waals surface area contributed by atoms with Crippen LogP contribution in [0.2, 0.25) is 5.02 Å². The van der Waals surface area contributed by atoms with Gasteiger partial charge in [0.1, 0.15) is 23.7 Å². The molecule has 0 atom stereocenters. The Kier molecular flexibility index (Phi) is 10.6. The van der Waals surface area contributed by atoms with Crippen LogP contribution < -0.4 is 35.8 Å². The van der Waals surface area contributed by atoms with Gasteiger partial charge in [0.15, 0.2) is 5.82 Å². The number of carbonyl (C=O) groups excluding carboxylic acids is 1. The number of rotatable bonds is 11. The summed E-state index contributed by atoms with van der Waals surface area (Å²) in [7, 11) is 1.28. The lowest BCUT2D eigenvalue weighted by atomic mass is 10.0. The Labute approximate surface area is 292 Å². The number of nitrogens with one attached hydrogen (secondary N) is 3. The van der Waals surface area contributed by atoms with Crippen LogP contribution in [0.1, 0.15) is 24.8 Å². The van der Waals surface area contributed by atoms with Crippen molar-refractivity contribution in [1.29, 1.82) is 0 Å². The second kappa shape index (κ2) is 15.0. The third-order valence-corrected chi connectivity index (χ3v) is 10.8. The maximum Gasteiger partial charge on any atom is 0.323 e. The number of halogens is 1. The fourth-order valence-corrected chi connectivity index (χ4v) is 7.59. The minimum absolute atomic E-state index is 0.0814. The number of nitrogens with zero attached hydrogens (tertiary/aromatic N) is 6. The molecule has 6 rings (SSSR count). The molecule has 2 fully saturated rings. The van der Waals surface area contributed by atoms with E-state index in [0.29, 0.717) is 53.2 Å². The van der Waals surface area contributed by atoms with Crippen molar-refractivity contribution in [3.8, 4) is 5.75 Å². The summed E-state index contributed by atoms with van der Waals surface area (Å²) in [6.45, 7) is 7.52. The smallest absolute Gasteiger partial charge is 0.323 e. The Bertz CT molecular complexity index is 1830. The zero-order valence-corrected chi connectivity index (χ0v) is 30.0. The molecule has 0 unspecified atom stereocenters. The standard InChI is InChI=1S/C35H43ClN9O3P/c1-43(23-24-10-13-32(38-21-24)45-17-7-16-37-35(45)46)25-14-18-44(19-15-25)26-11-12-28(30(20-26)48-2)41-34-39-22-27(36)33(42-34)40-29-8-5-6-9-31(29)49(3,4)47/h5-6,8-13,20-22,25H,7,14-19,23H2,1-4H3,(H,37,46)(H2,39,40,41,42). The topological polar surface area (TPSA) is 128 Å². The first-order chi connectivity index (χ1) is 23.6. The molecule has 0 saturated carbocycles. The maximum absolute atomic E-state index is 12.9. The predicted molar refractivity (Wildman–Crippen MR) is 198 cm³/mol. The minimum Gasteiger partial charge on any atom is -0.494 e. The van der Waals surface area contributed by atoms with E-state index >= 15 is 0 Å². The van der Waals surface area contributed by atoms with Crippen LogP contribution in [0.15, 0.2) is 67.0 Å². The van der Waals surface area contributed by atoms with Crippen LogP contribution in [-0.2, 0) is 11.1 Å². The molecule has 2 aromatic carbocycles. The van der Waals surface area contributed by atoms with Gasteiger partial charge in [-0.15, -0.1) is 0 Å². The Morgan fingerprint density at radius 3 is 2.53 bits per heavy atom. The van der Waals surface area contributed by atoms with Crippen molar-refractivity contribution in [2.75, 3.05) is 74.1 Å². The minimum atomic E-state index is -2.53. The molecule has 2 amide bonds. The van der Waals surface area contributed by atoms with Gasteiger partial charge in [0.2, 0.25) is 5.95 Å². The number of hydrogen-bond acceptors (Lipinski definition) is 10. The summed E-state index contributed by atoms with van der Waals surface area (Å²) in [6.07, 6.45) is 6.39. The van der Waals surface area contributed by atoms with Crippen LogP contribution in [0, 0.1) is 0 Å². The number of amides is 2. The molecule has 49 heavy (non-hydrogen) atoms. The van der Waals surface area contributed by atoms with E-state index in [-0.39, 0.29) is 6.03 Å². The third kappa shape index (κ3) is 8.26. The zero-order valence-electron chi connectivity index (χ0n) is 28.3. The van der Waals surface area contributed by atoms with Gasteiger partial charge in [-0.05, 0) is 75.5 Å². The summed E-state index contributed by atoms with van der Waals surface area (Å²) < 4.78 is 18.6. The summed E-state index contributed by atoms with van der Waals surface area (Å²) in [5, 5.41) is 10.5. The van der Waals surface area contributed by atoms with Crippen LogP contribution in [0.3, 0.4) is 0 Å². The van der Waals surface area contributed by atoms with E-state index in [1.54, 1.807) is 25.3 Å². The normalized spacial score (nSPS) is 15.7. The van der Waals surface area contributed by atoms with E-state index in [1.807, 2.05) is 48.7 Å². The van der Waals surface area contributed by atoms with Crippen LogP contribution >= 0.6 is 18.7 Å². The number of aromatic nitrogens is 3. The van der Waals surface area contributed by atoms with Crippen molar-refractivity contribution in [1.82, 2.24) is 25.2 Å². The highest BCUT2D eigenvalue weighted by Crippen LogP contribution is 2.39. The fourth-order valence-electron chi connectivity index (χ4n) is 6.29. The summed E-state index contributed by atoms with van der Waals surface area (Å²) in [6, 6.07) is 17.9. The van der Waals surface area contributed by atoms with E-state index in [2.05, 4.69) is 59.9 Å². The Morgan fingerprint density at radius 1 is 1.02 bits per heavy atom. The summed E-state index contributed by atoms with van der Waals surface area (Å²) in [4.78, 5) is 32.2. The molecule has 12 nitrogen and oxygen atoms in total. The average molecular weight is 704 g/mol. The number of pyridine rings is 1. The molecule has 258 valence electrons. The number of ether oxygens (including phenoxy) is 1. The highest BCUT2D eigenvalue weighted by molar-refractivity contribution is 7.70. The van der Waals surface area contributed by atoms with Crippen LogP contribution in [0.4, 0.5) is 39.4 Å². The van der Waals surface area contributed by atoms with Gasteiger partial charge in [-0.25, -0.2) is 14.8 Å². The second-order valence-electron chi connectivity index (χ2n) is 12.8. The van der Waals surface area contributed by atoms with Gasteiger partial charge >= 0.3 is 6.03 Å². The maximum atomic E-state index is 12.9. The van der Waals surface area contributed by atoms with Crippen LogP contribution in [-0.4, -0.2) is 85.6 Å². The Morgan fingerprint density at radius 2 is 1.82 bits per heavy atom. The third-order valence-electron chi connectivity index (χ3n) is 8.96. The molecular formula is C35H43ClN9O3P. The summed E-state index contributed by atoms with van der Waals surface area (Å²) in [5.41, 5.74) is 3.63. The van der Waals surface area contributed by atoms with Gasteiger partial charge in [0.05, 0.1) is 24.7 Å². The number of methoxy groups -OCH3 is 1. The lowest BCUT2D eigenvalue weighted by Crippen LogP contribution is -2.46. The number of anilines is 6. The van der Waals surface area contributed by atoms with Crippen molar-refractivity contribution >= 4 is 64.7 Å². The monoisotopic (exact) mass is 703 g/mol. The molecule has 2 aliphatic heterocycles. The molecule has 4 heterocycles. The van der Waals surface area contributed by atoms with Gasteiger partial charge in [0, 0.05) is 62.0 Å². The molecule has 14 heteroatoms. The van der Waals surface area contributed by atoms with Crippen molar-refractivity contribution in [2.45, 2.75) is 31.8 Å². The zero-order chi connectivity index (χ0) is 34.5. The number of carbonyl (C=O) groups is 1. The lowest BCUT2D eigenvalue weighted by Gasteiger charge is -2.38. The largest absolute Gasteiger partial charge is 0.494 e.